The van der Waals surface area contributed by atoms with Crippen LogP contribution in [0.25, 0.3) is 0 Å². The van der Waals surface area contributed by atoms with Gasteiger partial charge in [-0.15, -0.1) is 0 Å². The highest BCUT2D eigenvalue weighted by Crippen LogP contribution is 2.19. The maximum absolute atomic E-state index is 9.08. The zero-order valence-corrected chi connectivity index (χ0v) is 10.6. The highest BCUT2D eigenvalue weighted by atomic mass is 15.2. The molecule has 0 aliphatic rings. The molecule has 0 amide bonds. The number of anilines is 1. The van der Waals surface area contributed by atoms with Crippen molar-refractivity contribution in [2.24, 2.45) is 10.7 Å². The summed E-state index contributed by atoms with van der Waals surface area (Å²) in [5, 5.41) is 9.08. The predicted octanol–water partition coefficient (Wildman–Crippen LogP) is 2.64. The van der Waals surface area contributed by atoms with E-state index in [-0.39, 0.29) is 0 Å². The van der Waals surface area contributed by atoms with E-state index in [0.29, 0.717) is 11.5 Å². The number of benzene rings is 2. The van der Waals surface area contributed by atoms with E-state index in [4.69, 9.17) is 11.0 Å². The van der Waals surface area contributed by atoms with Crippen LogP contribution in [0.15, 0.2) is 59.6 Å². The van der Waals surface area contributed by atoms with Crippen molar-refractivity contribution in [2.45, 2.75) is 0 Å². The minimum Gasteiger partial charge on any atom is -0.369 e. The van der Waals surface area contributed by atoms with E-state index in [1.54, 1.807) is 18.0 Å². The van der Waals surface area contributed by atoms with E-state index in [1.165, 1.54) is 0 Å². The summed E-state index contributed by atoms with van der Waals surface area (Å²) >= 11 is 0. The maximum Gasteiger partial charge on any atom is 0.200 e. The molecular formula is C15H14N4. The van der Waals surface area contributed by atoms with Gasteiger partial charge in [0, 0.05) is 7.05 Å². The van der Waals surface area contributed by atoms with Crippen molar-refractivity contribution in [2.75, 3.05) is 11.9 Å². The van der Waals surface area contributed by atoms with Crippen LogP contribution in [0.3, 0.4) is 0 Å². The summed E-state index contributed by atoms with van der Waals surface area (Å²) in [5.74, 6) is 0.342. The molecule has 2 aromatic rings. The summed E-state index contributed by atoms with van der Waals surface area (Å²) in [5.41, 5.74) is 8.05. The van der Waals surface area contributed by atoms with Gasteiger partial charge in [0.25, 0.3) is 0 Å². The fourth-order valence-electron chi connectivity index (χ4n) is 1.69. The second-order valence-electron chi connectivity index (χ2n) is 3.99. The zero-order valence-electron chi connectivity index (χ0n) is 10.6. The molecule has 0 aliphatic carbocycles. The van der Waals surface area contributed by atoms with Crippen molar-refractivity contribution in [1.29, 1.82) is 5.26 Å². The molecule has 0 saturated carbocycles. The first-order valence-electron chi connectivity index (χ1n) is 5.84. The van der Waals surface area contributed by atoms with Crippen LogP contribution in [0.2, 0.25) is 0 Å². The minimum atomic E-state index is 0.342. The van der Waals surface area contributed by atoms with E-state index in [0.717, 1.165) is 11.4 Å². The van der Waals surface area contributed by atoms with Gasteiger partial charge >= 0.3 is 0 Å². The van der Waals surface area contributed by atoms with Crippen LogP contribution in [-0.4, -0.2) is 13.0 Å². The summed E-state index contributed by atoms with van der Waals surface area (Å²) in [7, 11) is 1.79. The van der Waals surface area contributed by atoms with Gasteiger partial charge in [-0.05, 0) is 24.3 Å². The number of para-hydroxylation sites is 2. The number of guanidine groups is 1. The van der Waals surface area contributed by atoms with Crippen LogP contribution >= 0.6 is 0 Å². The quantitative estimate of drug-likeness (QED) is 0.658. The number of nitriles is 1. The molecule has 0 bridgehead atoms. The van der Waals surface area contributed by atoms with Crippen molar-refractivity contribution in [3.63, 3.8) is 0 Å². The van der Waals surface area contributed by atoms with Crippen molar-refractivity contribution in [1.82, 2.24) is 0 Å². The number of rotatable bonds is 2. The first-order valence-corrected chi connectivity index (χ1v) is 5.84. The summed E-state index contributed by atoms with van der Waals surface area (Å²) in [4.78, 5) is 6.02. The van der Waals surface area contributed by atoms with Gasteiger partial charge in [0.1, 0.15) is 6.07 Å². The molecule has 0 aromatic heterocycles. The molecule has 4 heteroatoms. The Morgan fingerprint density at radius 1 is 1.11 bits per heavy atom. The minimum absolute atomic E-state index is 0.342. The second kappa shape index (κ2) is 5.69. The lowest BCUT2D eigenvalue weighted by atomic mass is 10.2. The van der Waals surface area contributed by atoms with E-state index in [2.05, 4.69) is 11.1 Å². The molecule has 2 N–H and O–H groups in total. The van der Waals surface area contributed by atoms with E-state index >= 15 is 0 Å². The number of nitrogens with zero attached hydrogens (tertiary/aromatic N) is 3. The first-order chi connectivity index (χ1) is 9.22. The lowest BCUT2D eigenvalue weighted by Gasteiger charge is -2.19. The third-order valence-electron chi connectivity index (χ3n) is 2.73. The van der Waals surface area contributed by atoms with Crippen LogP contribution in [0.4, 0.5) is 11.4 Å². The molecule has 0 atom stereocenters. The van der Waals surface area contributed by atoms with Gasteiger partial charge in [-0.2, -0.15) is 5.26 Å². The third kappa shape index (κ3) is 2.90. The molecule has 19 heavy (non-hydrogen) atoms. The molecule has 0 saturated heterocycles. The monoisotopic (exact) mass is 250 g/mol. The Balaban J connectivity index is 2.32. The molecule has 2 aromatic carbocycles. The van der Waals surface area contributed by atoms with Crippen molar-refractivity contribution >= 4 is 17.3 Å². The third-order valence-corrected chi connectivity index (χ3v) is 2.73. The normalized spacial score (nSPS) is 10.8. The number of nitrogens with two attached hydrogens (primary N) is 1. The van der Waals surface area contributed by atoms with E-state index in [1.807, 2.05) is 48.5 Å². The van der Waals surface area contributed by atoms with Crippen molar-refractivity contribution < 1.29 is 0 Å². The Labute approximate surface area is 112 Å². The largest absolute Gasteiger partial charge is 0.369 e. The molecule has 0 radical (unpaired) electrons. The number of aliphatic imine (C=N–C) groups is 1. The molecule has 0 aliphatic heterocycles. The first kappa shape index (κ1) is 12.7. The van der Waals surface area contributed by atoms with Gasteiger partial charge in [-0.25, -0.2) is 4.99 Å². The number of hydrogen-bond donors (Lipinski definition) is 1. The topological polar surface area (TPSA) is 65.4 Å². The van der Waals surface area contributed by atoms with Gasteiger partial charge in [0.15, 0.2) is 0 Å². The zero-order chi connectivity index (χ0) is 13.7. The summed E-state index contributed by atoms with van der Waals surface area (Å²) in [6, 6.07) is 18.9. The Morgan fingerprint density at radius 3 is 2.42 bits per heavy atom. The maximum atomic E-state index is 9.08. The Bertz CT molecular complexity index is 626. The van der Waals surface area contributed by atoms with Gasteiger partial charge in [0.2, 0.25) is 5.96 Å². The molecule has 0 unspecified atom stereocenters. The Hall–Kier alpha value is -2.80. The SMILES string of the molecule is CN(C(N)=Nc1ccccc1)c1ccccc1C#N. The van der Waals surface area contributed by atoms with Crippen LogP contribution in [0.1, 0.15) is 5.56 Å². The van der Waals surface area contributed by atoms with Crippen LogP contribution < -0.4 is 10.6 Å². The molecule has 4 nitrogen and oxygen atoms in total. The molecular weight excluding hydrogens is 236 g/mol. The predicted molar refractivity (Wildman–Crippen MR) is 77.3 cm³/mol. The van der Waals surface area contributed by atoms with Crippen molar-refractivity contribution in [3.8, 4) is 6.07 Å². The van der Waals surface area contributed by atoms with Gasteiger partial charge in [-0.3, -0.25) is 0 Å². The van der Waals surface area contributed by atoms with E-state index in [9.17, 15) is 0 Å². The molecule has 0 spiro atoms. The fourth-order valence-corrected chi connectivity index (χ4v) is 1.69. The lowest BCUT2D eigenvalue weighted by Crippen LogP contribution is -2.34. The van der Waals surface area contributed by atoms with Gasteiger partial charge in [-0.1, -0.05) is 30.3 Å². The fraction of sp³-hybridized carbons (Fsp3) is 0.0667. The molecule has 0 heterocycles. The highest BCUT2D eigenvalue weighted by molar-refractivity contribution is 5.97. The van der Waals surface area contributed by atoms with Gasteiger partial charge in [0.05, 0.1) is 16.9 Å². The van der Waals surface area contributed by atoms with Gasteiger partial charge < -0.3 is 10.6 Å². The van der Waals surface area contributed by atoms with Crippen LogP contribution in [0.5, 0.6) is 0 Å². The highest BCUT2D eigenvalue weighted by Gasteiger charge is 2.09. The Kier molecular flexibility index (Phi) is 3.79. The summed E-state index contributed by atoms with van der Waals surface area (Å²) in [6.45, 7) is 0. The second-order valence-corrected chi connectivity index (χ2v) is 3.99. The average molecular weight is 250 g/mol. The average Bonchev–Trinajstić information content (AvgIpc) is 2.47. The Morgan fingerprint density at radius 2 is 1.74 bits per heavy atom. The van der Waals surface area contributed by atoms with E-state index < -0.39 is 0 Å². The van der Waals surface area contributed by atoms with Crippen LogP contribution in [0, 0.1) is 11.3 Å². The summed E-state index contributed by atoms with van der Waals surface area (Å²) in [6.07, 6.45) is 0. The summed E-state index contributed by atoms with van der Waals surface area (Å²) < 4.78 is 0. The molecule has 94 valence electrons. The smallest absolute Gasteiger partial charge is 0.200 e. The van der Waals surface area contributed by atoms with Crippen LogP contribution in [-0.2, 0) is 0 Å². The lowest BCUT2D eigenvalue weighted by molar-refractivity contribution is 1.21. The molecule has 0 fully saturated rings. The molecule has 2 rings (SSSR count). The number of hydrogen-bond acceptors (Lipinski definition) is 2. The standard InChI is InChI=1S/C15H14N4/c1-19(14-10-6-5-7-12(14)11-16)15(17)18-13-8-3-2-4-9-13/h2-10H,1H3,(H2,17,18). The van der Waals surface area contributed by atoms with Crippen molar-refractivity contribution in [3.05, 3.63) is 60.2 Å².